The Kier molecular flexibility index (Phi) is 6.20. The summed E-state index contributed by atoms with van der Waals surface area (Å²) in [6.07, 6.45) is 1.66. The van der Waals surface area contributed by atoms with Gasteiger partial charge in [0.2, 0.25) is 0 Å². The summed E-state index contributed by atoms with van der Waals surface area (Å²) in [5.41, 5.74) is 4.00. The minimum atomic E-state index is -0.0790. The van der Waals surface area contributed by atoms with Gasteiger partial charge in [-0.3, -0.25) is 9.69 Å². The second kappa shape index (κ2) is 8.78. The Morgan fingerprint density at radius 2 is 2.04 bits per heavy atom. The highest BCUT2D eigenvalue weighted by Crippen LogP contribution is 2.22. The number of anilines is 2. The number of ether oxygens (including phenoxy) is 1. The summed E-state index contributed by atoms with van der Waals surface area (Å²) in [6, 6.07) is 9.61. The lowest BCUT2D eigenvalue weighted by Crippen LogP contribution is -2.41. The fourth-order valence-corrected chi connectivity index (χ4v) is 2.92. The highest BCUT2D eigenvalue weighted by molar-refractivity contribution is 5.94. The number of carbonyl (C=O) groups is 1. The Balaban J connectivity index is 1.57. The van der Waals surface area contributed by atoms with Gasteiger partial charge in [0.05, 0.1) is 13.2 Å². The van der Waals surface area contributed by atoms with Gasteiger partial charge in [-0.1, -0.05) is 12.1 Å². The SMILES string of the molecule is Cc1cccc(Nc2cc(C(=O)NCCN3CCOCC3)ccn2)c1C. The third-order valence-corrected chi connectivity index (χ3v) is 4.71. The fourth-order valence-electron chi connectivity index (χ4n) is 2.92. The van der Waals surface area contributed by atoms with Crippen molar-refractivity contribution >= 4 is 17.4 Å². The van der Waals surface area contributed by atoms with E-state index in [1.54, 1.807) is 18.3 Å². The Morgan fingerprint density at radius 3 is 2.85 bits per heavy atom. The average Bonchev–Trinajstić information content (AvgIpc) is 2.66. The molecule has 0 bridgehead atoms. The van der Waals surface area contributed by atoms with E-state index in [1.807, 2.05) is 12.1 Å². The number of aryl methyl sites for hydroxylation is 1. The molecule has 1 fully saturated rings. The van der Waals surface area contributed by atoms with Gasteiger partial charge in [-0.2, -0.15) is 0 Å². The molecule has 0 saturated carbocycles. The van der Waals surface area contributed by atoms with Crippen LogP contribution in [-0.4, -0.2) is 55.2 Å². The quantitative estimate of drug-likeness (QED) is 0.834. The topological polar surface area (TPSA) is 66.5 Å². The molecule has 0 radical (unpaired) electrons. The second-order valence-electron chi connectivity index (χ2n) is 6.51. The monoisotopic (exact) mass is 354 g/mol. The van der Waals surface area contributed by atoms with Gasteiger partial charge in [0, 0.05) is 43.6 Å². The average molecular weight is 354 g/mol. The summed E-state index contributed by atoms with van der Waals surface area (Å²) < 4.78 is 5.33. The normalized spacial score (nSPS) is 14.8. The molecule has 138 valence electrons. The zero-order valence-electron chi connectivity index (χ0n) is 15.4. The van der Waals surface area contributed by atoms with E-state index < -0.39 is 0 Å². The summed E-state index contributed by atoms with van der Waals surface area (Å²) in [7, 11) is 0. The second-order valence-corrected chi connectivity index (χ2v) is 6.51. The van der Waals surface area contributed by atoms with Crippen molar-refractivity contribution in [2.45, 2.75) is 13.8 Å². The first-order valence-corrected chi connectivity index (χ1v) is 9.01. The van der Waals surface area contributed by atoms with Crippen molar-refractivity contribution in [3.8, 4) is 0 Å². The Hall–Kier alpha value is -2.44. The first kappa shape index (κ1) is 18.4. The van der Waals surface area contributed by atoms with Gasteiger partial charge in [0.1, 0.15) is 5.82 Å². The highest BCUT2D eigenvalue weighted by atomic mass is 16.5. The van der Waals surface area contributed by atoms with Crippen LogP contribution in [0.2, 0.25) is 0 Å². The summed E-state index contributed by atoms with van der Waals surface area (Å²) >= 11 is 0. The van der Waals surface area contributed by atoms with E-state index in [1.165, 1.54) is 11.1 Å². The van der Waals surface area contributed by atoms with Crippen molar-refractivity contribution in [2.24, 2.45) is 0 Å². The van der Waals surface area contributed by atoms with Crippen LogP contribution in [0, 0.1) is 13.8 Å². The summed E-state index contributed by atoms with van der Waals surface area (Å²) in [6.45, 7) is 9.00. The van der Waals surface area contributed by atoms with E-state index in [-0.39, 0.29) is 5.91 Å². The van der Waals surface area contributed by atoms with Crippen LogP contribution >= 0.6 is 0 Å². The predicted octanol–water partition coefficient (Wildman–Crippen LogP) is 2.50. The van der Waals surface area contributed by atoms with Gasteiger partial charge in [0.15, 0.2) is 0 Å². The molecule has 2 aromatic rings. The zero-order valence-corrected chi connectivity index (χ0v) is 15.4. The van der Waals surface area contributed by atoms with Crippen LogP contribution in [0.15, 0.2) is 36.5 Å². The maximum absolute atomic E-state index is 12.4. The molecule has 0 aliphatic carbocycles. The molecule has 0 spiro atoms. The van der Waals surface area contributed by atoms with Gasteiger partial charge in [-0.05, 0) is 43.2 Å². The Morgan fingerprint density at radius 1 is 1.23 bits per heavy atom. The maximum Gasteiger partial charge on any atom is 0.251 e. The number of benzene rings is 1. The number of hydrogen-bond acceptors (Lipinski definition) is 5. The molecule has 1 aromatic heterocycles. The molecule has 1 aliphatic heterocycles. The minimum Gasteiger partial charge on any atom is -0.379 e. The lowest BCUT2D eigenvalue weighted by molar-refractivity contribution is 0.0383. The van der Waals surface area contributed by atoms with Crippen LogP contribution in [0.4, 0.5) is 11.5 Å². The van der Waals surface area contributed by atoms with Crippen molar-refractivity contribution in [2.75, 3.05) is 44.7 Å². The standard InChI is InChI=1S/C20H26N4O2/c1-15-4-3-5-18(16(15)2)23-19-14-17(6-7-21-19)20(25)22-8-9-24-10-12-26-13-11-24/h3-7,14H,8-13H2,1-2H3,(H,21,23)(H,22,25). The summed E-state index contributed by atoms with van der Waals surface area (Å²) in [5.74, 6) is 0.587. The smallest absolute Gasteiger partial charge is 0.251 e. The van der Waals surface area contributed by atoms with Gasteiger partial charge >= 0.3 is 0 Å². The molecule has 1 saturated heterocycles. The predicted molar refractivity (Wildman–Crippen MR) is 103 cm³/mol. The van der Waals surface area contributed by atoms with Gasteiger partial charge in [0.25, 0.3) is 5.91 Å². The number of hydrogen-bond donors (Lipinski definition) is 2. The largest absolute Gasteiger partial charge is 0.379 e. The van der Waals surface area contributed by atoms with E-state index in [4.69, 9.17) is 4.74 Å². The van der Waals surface area contributed by atoms with Crippen molar-refractivity contribution in [1.29, 1.82) is 0 Å². The molecule has 6 nitrogen and oxygen atoms in total. The van der Waals surface area contributed by atoms with Crippen LogP contribution in [-0.2, 0) is 4.74 Å². The summed E-state index contributed by atoms with van der Waals surface area (Å²) in [5, 5.41) is 6.28. The summed E-state index contributed by atoms with van der Waals surface area (Å²) in [4.78, 5) is 19.0. The number of amides is 1. The van der Waals surface area contributed by atoms with E-state index >= 15 is 0 Å². The van der Waals surface area contributed by atoms with Crippen LogP contribution in [0.3, 0.4) is 0 Å². The number of morpholine rings is 1. The van der Waals surface area contributed by atoms with Crippen molar-refractivity contribution < 1.29 is 9.53 Å². The molecule has 0 atom stereocenters. The van der Waals surface area contributed by atoms with Crippen molar-refractivity contribution in [1.82, 2.24) is 15.2 Å². The third-order valence-electron chi connectivity index (χ3n) is 4.71. The van der Waals surface area contributed by atoms with Crippen LogP contribution < -0.4 is 10.6 Å². The van der Waals surface area contributed by atoms with Gasteiger partial charge in [-0.25, -0.2) is 4.98 Å². The number of pyridine rings is 1. The Bertz CT molecular complexity index is 757. The molecule has 1 aromatic carbocycles. The number of carbonyl (C=O) groups excluding carboxylic acids is 1. The molecule has 2 N–H and O–H groups in total. The highest BCUT2D eigenvalue weighted by Gasteiger charge is 2.11. The van der Waals surface area contributed by atoms with Crippen LogP contribution in [0.5, 0.6) is 0 Å². The van der Waals surface area contributed by atoms with E-state index in [9.17, 15) is 4.79 Å². The van der Waals surface area contributed by atoms with Gasteiger partial charge < -0.3 is 15.4 Å². The number of nitrogens with one attached hydrogen (secondary N) is 2. The third kappa shape index (κ3) is 4.80. The van der Waals surface area contributed by atoms with Crippen molar-refractivity contribution in [3.63, 3.8) is 0 Å². The lowest BCUT2D eigenvalue weighted by atomic mass is 10.1. The molecule has 3 rings (SSSR count). The molecular formula is C20H26N4O2. The molecule has 2 heterocycles. The Labute approximate surface area is 154 Å². The number of rotatable bonds is 6. The lowest BCUT2D eigenvalue weighted by Gasteiger charge is -2.26. The first-order chi connectivity index (χ1) is 12.6. The molecule has 1 aliphatic rings. The number of aromatic nitrogens is 1. The molecule has 6 heteroatoms. The van der Waals surface area contributed by atoms with Crippen LogP contribution in [0.25, 0.3) is 0 Å². The van der Waals surface area contributed by atoms with E-state index in [0.29, 0.717) is 17.9 Å². The minimum absolute atomic E-state index is 0.0790. The van der Waals surface area contributed by atoms with Crippen LogP contribution in [0.1, 0.15) is 21.5 Å². The molecule has 0 unspecified atom stereocenters. The molecule has 26 heavy (non-hydrogen) atoms. The maximum atomic E-state index is 12.4. The number of nitrogens with zero attached hydrogens (tertiary/aromatic N) is 2. The van der Waals surface area contributed by atoms with E-state index in [2.05, 4.69) is 40.4 Å². The van der Waals surface area contributed by atoms with E-state index in [0.717, 1.165) is 38.5 Å². The molecule has 1 amide bonds. The van der Waals surface area contributed by atoms with Gasteiger partial charge in [-0.15, -0.1) is 0 Å². The van der Waals surface area contributed by atoms with Crippen molar-refractivity contribution in [3.05, 3.63) is 53.2 Å². The zero-order chi connectivity index (χ0) is 18.4. The fraction of sp³-hybridized carbons (Fsp3) is 0.400. The first-order valence-electron chi connectivity index (χ1n) is 9.01. The molecular weight excluding hydrogens is 328 g/mol.